The van der Waals surface area contributed by atoms with Gasteiger partial charge in [0.25, 0.3) is 0 Å². The van der Waals surface area contributed by atoms with Gasteiger partial charge in [-0.25, -0.2) is 0 Å². The number of rotatable bonds is 10. The van der Waals surface area contributed by atoms with Gasteiger partial charge in [0, 0.05) is 5.92 Å². The van der Waals surface area contributed by atoms with E-state index in [0.29, 0.717) is 17.3 Å². The first kappa shape index (κ1) is 39.0. The Morgan fingerprint density at radius 1 is 0.956 bits per heavy atom. The van der Waals surface area contributed by atoms with Gasteiger partial charge in [0.15, 0.2) is 16.6 Å². The molecule has 45 heavy (non-hydrogen) atoms. The predicted octanol–water partition coefficient (Wildman–Crippen LogP) is 12.0. The maximum atomic E-state index is 10.3. The summed E-state index contributed by atoms with van der Waals surface area (Å²) in [5, 5.41) is 10.6. The quantitative estimate of drug-likeness (QED) is 0.237. The summed E-state index contributed by atoms with van der Waals surface area (Å²) in [5.41, 5.74) is 4.02. The molecule has 3 fully saturated rings. The van der Waals surface area contributed by atoms with Gasteiger partial charge in [0.2, 0.25) is 0 Å². The summed E-state index contributed by atoms with van der Waals surface area (Å²) in [6.07, 6.45) is 15.8. The minimum atomic E-state index is -2.01. The van der Waals surface area contributed by atoms with E-state index in [9.17, 15) is 5.11 Å². The van der Waals surface area contributed by atoms with E-state index in [4.69, 9.17) is 15.4 Å². The topological polar surface area (TPSA) is 38.7 Å². The molecule has 0 radical (unpaired) electrons. The van der Waals surface area contributed by atoms with E-state index in [1.807, 2.05) is 13.8 Å². The van der Waals surface area contributed by atoms with E-state index in [1.165, 1.54) is 49.7 Å². The molecular formula is C40H74O3Si2. The van der Waals surface area contributed by atoms with E-state index in [0.717, 1.165) is 25.2 Å². The highest BCUT2D eigenvalue weighted by atomic mass is 28.4. The Hall–Kier alpha value is -0.466. The van der Waals surface area contributed by atoms with Gasteiger partial charge in [0.1, 0.15) is 0 Å². The highest BCUT2D eigenvalue weighted by Gasteiger charge is 2.51. The van der Waals surface area contributed by atoms with Gasteiger partial charge in [-0.3, -0.25) is 0 Å². The summed E-state index contributed by atoms with van der Waals surface area (Å²) in [5.74, 6) is 2.44. The van der Waals surface area contributed by atoms with Crippen molar-refractivity contribution < 1.29 is 14.0 Å². The van der Waals surface area contributed by atoms with Gasteiger partial charge in [-0.05, 0) is 129 Å². The second kappa shape index (κ2) is 13.8. The van der Waals surface area contributed by atoms with Crippen LogP contribution in [0.5, 0.6) is 0 Å². The number of allylic oxidation sites excluding steroid dienone is 3. The lowest BCUT2D eigenvalue weighted by Crippen LogP contribution is -2.53. The fourth-order valence-corrected chi connectivity index (χ4v) is 11.0. The van der Waals surface area contributed by atoms with Crippen molar-refractivity contribution in [3.63, 3.8) is 0 Å². The molecule has 3 aliphatic rings. The third kappa shape index (κ3) is 8.96. The Morgan fingerprint density at radius 2 is 1.53 bits per heavy atom. The van der Waals surface area contributed by atoms with E-state index in [1.54, 1.807) is 5.57 Å². The van der Waals surface area contributed by atoms with Crippen molar-refractivity contribution in [1.82, 2.24) is 0 Å². The molecule has 0 bridgehead atoms. The van der Waals surface area contributed by atoms with Crippen LogP contribution < -0.4 is 0 Å². The zero-order valence-corrected chi connectivity index (χ0v) is 34.5. The molecule has 7 atom stereocenters. The molecule has 0 saturated heterocycles. The van der Waals surface area contributed by atoms with Gasteiger partial charge >= 0.3 is 0 Å². The van der Waals surface area contributed by atoms with Crippen LogP contribution in [0.25, 0.3) is 0 Å². The van der Waals surface area contributed by atoms with Crippen molar-refractivity contribution in [3.8, 4) is 0 Å². The van der Waals surface area contributed by atoms with Gasteiger partial charge in [-0.2, -0.15) is 0 Å². The van der Waals surface area contributed by atoms with Crippen LogP contribution in [-0.4, -0.2) is 39.6 Å². The maximum Gasteiger partial charge on any atom is 0.192 e. The van der Waals surface area contributed by atoms with Gasteiger partial charge in [-0.15, -0.1) is 0 Å². The van der Waals surface area contributed by atoms with Gasteiger partial charge < -0.3 is 14.0 Å². The molecule has 0 heterocycles. The molecule has 0 amide bonds. The fraction of sp³-hybridized carbons (Fsp3) is 0.850. The number of hydrogen-bond acceptors (Lipinski definition) is 3. The van der Waals surface area contributed by atoms with Crippen molar-refractivity contribution in [2.45, 2.75) is 188 Å². The monoisotopic (exact) mass is 659 g/mol. The zero-order chi connectivity index (χ0) is 34.4. The van der Waals surface area contributed by atoms with Crippen molar-refractivity contribution in [3.05, 3.63) is 35.5 Å². The zero-order valence-electron chi connectivity index (χ0n) is 32.5. The van der Waals surface area contributed by atoms with Crippen molar-refractivity contribution in [2.24, 2.45) is 29.1 Å². The molecule has 0 aliphatic heterocycles. The minimum absolute atomic E-state index is 0.00343. The Labute approximate surface area is 282 Å². The van der Waals surface area contributed by atoms with Crippen LogP contribution >= 0.6 is 0 Å². The predicted molar refractivity (Wildman–Crippen MR) is 201 cm³/mol. The fourth-order valence-electron chi connectivity index (χ4n) is 8.26. The lowest BCUT2D eigenvalue weighted by molar-refractivity contribution is 0.0406. The Morgan fingerprint density at radius 3 is 2.09 bits per heavy atom. The molecular weight excluding hydrogens is 585 g/mol. The Kier molecular flexibility index (Phi) is 12.0. The molecule has 0 aromatic heterocycles. The van der Waals surface area contributed by atoms with Crippen LogP contribution in [0.3, 0.4) is 0 Å². The molecule has 0 aromatic rings. The van der Waals surface area contributed by atoms with Crippen LogP contribution in [0.2, 0.25) is 36.3 Å². The van der Waals surface area contributed by atoms with Crippen molar-refractivity contribution in [2.75, 3.05) is 0 Å². The molecule has 1 N–H and O–H groups in total. The standard InChI is InChI=1S/C40H74O3Si2/c1-28(19-17-25-39(10,11)41)33-23-24-34-31(20-18-26-40(33,34)12)21-22-32-27-35(42-44(13,14)37(4,5)6)30(3)36(29(32)2)43-45(15,16)38(7,8)9/h21-22,28,30,33-36,41H,2,17-20,23-27H2,1,3-16H3/b31-21?,32-22-/t28-,30-,33+,34?,35-,36-,40+/m0/s1. The molecule has 3 rings (SSSR count). The molecule has 0 aromatic carbocycles. The van der Waals surface area contributed by atoms with Gasteiger partial charge in [-0.1, -0.05) is 99.5 Å². The first-order chi connectivity index (χ1) is 20.3. The first-order valence-corrected chi connectivity index (χ1v) is 24.3. The van der Waals surface area contributed by atoms with E-state index < -0.39 is 22.2 Å². The lowest BCUT2D eigenvalue weighted by atomic mass is 9.60. The smallest absolute Gasteiger partial charge is 0.192 e. The van der Waals surface area contributed by atoms with Crippen LogP contribution in [-0.2, 0) is 8.85 Å². The van der Waals surface area contributed by atoms with Crippen molar-refractivity contribution >= 4 is 16.6 Å². The Bertz CT molecular complexity index is 1100. The van der Waals surface area contributed by atoms with E-state index in [2.05, 4.69) is 101 Å². The molecule has 260 valence electrons. The van der Waals surface area contributed by atoms with Gasteiger partial charge in [0.05, 0.1) is 17.8 Å². The third-order valence-corrected chi connectivity index (χ3v) is 22.4. The average molecular weight is 659 g/mol. The number of aliphatic hydroxyl groups is 1. The van der Waals surface area contributed by atoms with Crippen LogP contribution in [0, 0.1) is 29.1 Å². The SMILES string of the molecule is C=C1/C(=C\C=C2CCC[C@@]3(C)C2CC[C@@H]3[C@@H](C)CCCC(C)(C)O)C[C@H](O[Si](C)(C)C(C)(C)C)[C@H](C)[C@H]1O[Si](C)(C)C(C)(C)C. The Balaban J connectivity index is 1.90. The molecule has 5 heteroatoms. The summed E-state index contributed by atoms with van der Waals surface area (Å²) in [6, 6.07) is 0. The normalized spacial score (nSPS) is 33.2. The molecule has 3 nitrogen and oxygen atoms in total. The number of fused-ring (bicyclic) bond motifs is 1. The van der Waals surface area contributed by atoms with Crippen molar-refractivity contribution in [1.29, 1.82) is 0 Å². The summed E-state index contributed by atoms with van der Waals surface area (Å²) in [7, 11) is -3.98. The van der Waals surface area contributed by atoms with Crippen LogP contribution in [0.15, 0.2) is 35.5 Å². The lowest BCUT2D eigenvalue weighted by Gasteiger charge is -2.48. The minimum Gasteiger partial charge on any atom is -0.413 e. The first-order valence-electron chi connectivity index (χ1n) is 18.5. The molecule has 3 aliphatic carbocycles. The molecule has 3 saturated carbocycles. The summed E-state index contributed by atoms with van der Waals surface area (Å²) < 4.78 is 14.4. The largest absolute Gasteiger partial charge is 0.413 e. The van der Waals surface area contributed by atoms with Crippen LogP contribution in [0.4, 0.5) is 0 Å². The summed E-state index contributed by atoms with van der Waals surface area (Å²) in [6.45, 7) is 39.7. The number of hydrogen-bond donors (Lipinski definition) is 1. The second-order valence-corrected chi connectivity index (χ2v) is 29.0. The van der Waals surface area contributed by atoms with E-state index >= 15 is 0 Å². The highest BCUT2D eigenvalue weighted by Crippen LogP contribution is 2.60. The third-order valence-electron chi connectivity index (χ3n) is 13.4. The molecule has 1 unspecified atom stereocenters. The van der Waals surface area contributed by atoms with Crippen LogP contribution in [0.1, 0.15) is 134 Å². The average Bonchev–Trinajstić information content (AvgIpc) is 3.23. The second-order valence-electron chi connectivity index (χ2n) is 19.5. The summed E-state index contributed by atoms with van der Waals surface area (Å²) in [4.78, 5) is 0. The highest BCUT2D eigenvalue weighted by molar-refractivity contribution is 6.74. The van der Waals surface area contributed by atoms with E-state index in [-0.39, 0.29) is 28.2 Å². The maximum absolute atomic E-state index is 10.3. The summed E-state index contributed by atoms with van der Waals surface area (Å²) >= 11 is 0. The molecule has 0 spiro atoms.